The predicted molar refractivity (Wildman–Crippen MR) is 70.9 cm³/mol. The lowest BCUT2D eigenvalue weighted by atomic mass is 10.1. The van der Waals surface area contributed by atoms with Crippen LogP contribution in [0.2, 0.25) is 0 Å². The fourth-order valence-corrected chi connectivity index (χ4v) is 2.09. The fourth-order valence-electron chi connectivity index (χ4n) is 2.09. The highest BCUT2D eigenvalue weighted by Gasteiger charge is 2.18. The highest BCUT2D eigenvalue weighted by molar-refractivity contribution is 5.88. The molecule has 1 saturated heterocycles. The predicted octanol–water partition coefficient (Wildman–Crippen LogP) is 1.40. The van der Waals surface area contributed by atoms with Gasteiger partial charge in [-0.25, -0.2) is 4.79 Å². The molecule has 0 aromatic heterocycles. The molecule has 1 unspecified atom stereocenters. The highest BCUT2D eigenvalue weighted by atomic mass is 16.5. The molecule has 1 aliphatic rings. The molecule has 1 fully saturated rings. The van der Waals surface area contributed by atoms with E-state index in [1.165, 1.54) is 0 Å². The number of likely N-dealkylation sites (N-methyl/N-ethyl adjacent to an activating group) is 1. The number of carboxylic acids is 1. The topological polar surface area (TPSA) is 59.0 Å². The summed E-state index contributed by atoms with van der Waals surface area (Å²) < 4.78 is 11.3. The Balaban J connectivity index is 1.94. The van der Waals surface area contributed by atoms with Crippen LogP contribution in [0.3, 0.4) is 0 Å². The Morgan fingerprint density at radius 3 is 3.00 bits per heavy atom. The van der Waals surface area contributed by atoms with Gasteiger partial charge in [-0.15, -0.1) is 0 Å². The average molecular weight is 265 g/mol. The van der Waals surface area contributed by atoms with Gasteiger partial charge >= 0.3 is 5.97 Å². The molecule has 1 atom stereocenters. The number of aromatic carboxylic acids is 1. The summed E-state index contributed by atoms with van der Waals surface area (Å²) in [4.78, 5) is 13.0. The molecule has 1 heterocycles. The van der Waals surface area contributed by atoms with Gasteiger partial charge in [0.25, 0.3) is 0 Å². The zero-order valence-corrected chi connectivity index (χ0v) is 11.3. The molecule has 19 heavy (non-hydrogen) atoms. The molecule has 0 amide bonds. The second kappa shape index (κ2) is 6.04. The highest BCUT2D eigenvalue weighted by Crippen LogP contribution is 2.20. The van der Waals surface area contributed by atoms with Gasteiger partial charge in [0.2, 0.25) is 0 Å². The fraction of sp³-hybridized carbons (Fsp3) is 0.500. The number of benzene rings is 1. The van der Waals surface area contributed by atoms with Crippen molar-refractivity contribution in [3.63, 3.8) is 0 Å². The van der Waals surface area contributed by atoms with Crippen LogP contribution in [0.25, 0.3) is 0 Å². The van der Waals surface area contributed by atoms with Gasteiger partial charge in [0.05, 0.1) is 12.2 Å². The molecule has 0 saturated carbocycles. The summed E-state index contributed by atoms with van der Waals surface area (Å²) in [6, 6.07) is 4.87. The number of morpholine rings is 1. The molecule has 1 N–H and O–H groups in total. The van der Waals surface area contributed by atoms with Crippen LogP contribution in [0.15, 0.2) is 18.2 Å². The molecule has 5 heteroatoms. The van der Waals surface area contributed by atoms with E-state index in [4.69, 9.17) is 14.6 Å². The van der Waals surface area contributed by atoms with Gasteiger partial charge < -0.3 is 19.5 Å². The maximum atomic E-state index is 10.8. The second-order valence-electron chi connectivity index (χ2n) is 4.85. The van der Waals surface area contributed by atoms with Crippen molar-refractivity contribution in [3.05, 3.63) is 29.3 Å². The van der Waals surface area contributed by atoms with E-state index in [0.29, 0.717) is 12.4 Å². The van der Waals surface area contributed by atoms with Crippen molar-refractivity contribution in [2.24, 2.45) is 0 Å². The van der Waals surface area contributed by atoms with Crippen LogP contribution >= 0.6 is 0 Å². The number of hydrogen-bond donors (Lipinski definition) is 1. The summed E-state index contributed by atoms with van der Waals surface area (Å²) in [5, 5.41) is 8.90. The standard InChI is InChI=1S/C14H19NO4/c1-10-7-11(14(16)17)3-4-13(10)19-9-12-8-15(2)5-6-18-12/h3-4,7,12H,5-6,8-9H2,1-2H3,(H,16,17). The lowest BCUT2D eigenvalue weighted by Gasteiger charge is -2.30. The quantitative estimate of drug-likeness (QED) is 0.891. The van der Waals surface area contributed by atoms with Crippen LogP contribution in [-0.2, 0) is 4.74 Å². The summed E-state index contributed by atoms with van der Waals surface area (Å²) >= 11 is 0. The maximum absolute atomic E-state index is 10.8. The van der Waals surface area contributed by atoms with Crippen LogP contribution in [0.4, 0.5) is 0 Å². The van der Waals surface area contributed by atoms with E-state index in [-0.39, 0.29) is 11.7 Å². The molecular formula is C14H19NO4. The van der Waals surface area contributed by atoms with Crippen molar-refractivity contribution in [2.45, 2.75) is 13.0 Å². The van der Waals surface area contributed by atoms with Gasteiger partial charge in [-0.05, 0) is 37.7 Å². The van der Waals surface area contributed by atoms with Crippen molar-refractivity contribution in [1.82, 2.24) is 4.90 Å². The molecule has 0 radical (unpaired) electrons. The molecule has 1 aromatic rings. The Kier molecular flexibility index (Phi) is 4.39. The van der Waals surface area contributed by atoms with Crippen molar-refractivity contribution < 1.29 is 19.4 Å². The Morgan fingerprint density at radius 2 is 2.37 bits per heavy atom. The monoisotopic (exact) mass is 265 g/mol. The van der Waals surface area contributed by atoms with Crippen LogP contribution in [0.1, 0.15) is 15.9 Å². The first kappa shape index (κ1) is 13.8. The van der Waals surface area contributed by atoms with Crippen LogP contribution in [-0.4, -0.2) is 55.4 Å². The molecule has 1 aromatic carbocycles. The summed E-state index contributed by atoms with van der Waals surface area (Å²) in [5.74, 6) is -0.214. The Labute approximate surface area is 112 Å². The Bertz CT molecular complexity index is 461. The van der Waals surface area contributed by atoms with E-state index < -0.39 is 5.97 Å². The van der Waals surface area contributed by atoms with E-state index in [1.54, 1.807) is 18.2 Å². The lowest BCUT2D eigenvalue weighted by molar-refractivity contribution is -0.0404. The number of hydrogen-bond acceptors (Lipinski definition) is 4. The average Bonchev–Trinajstić information content (AvgIpc) is 2.37. The number of carboxylic acid groups (broad SMARTS) is 1. The molecule has 0 spiro atoms. The molecule has 1 aliphatic heterocycles. The van der Waals surface area contributed by atoms with Gasteiger partial charge in [0.1, 0.15) is 18.5 Å². The Hall–Kier alpha value is -1.59. The SMILES string of the molecule is Cc1cc(C(=O)O)ccc1OCC1CN(C)CCO1. The number of rotatable bonds is 4. The van der Waals surface area contributed by atoms with Crippen molar-refractivity contribution in [2.75, 3.05) is 33.4 Å². The third-order valence-corrected chi connectivity index (χ3v) is 3.19. The van der Waals surface area contributed by atoms with Gasteiger partial charge in [0, 0.05) is 13.1 Å². The van der Waals surface area contributed by atoms with Gasteiger partial charge in [-0.1, -0.05) is 0 Å². The first-order valence-corrected chi connectivity index (χ1v) is 6.33. The zero-order chi connectivity index (χ0) is 13.8. The van der Waals surface area contributed by atoms with Gasteiger partial charge in [0.15, 0.2) is 0 Å². The summed E-state index contributed by atoms with van der Waals surface area (Å²) in [7, 11) is 2.06. The largest absolute Gasteiger partial charge is 0.491 e. The van der Waals surface area contributed by atoms with Crippen LogP contribution in [0.5, 0.6) is 5.75 Å². The summed E-state index contributed by atoms with van der Waals surface area (Å²) in [6.07, 6.45) is 0.0669. The van der Waals surface area contributed by atoms with Crippen LogP contribution < -0.4 is 4.74 Å². The minimum atomic E-state index is -0.924. The minimum Gasteiger partial charge on any atom is -0.491 e. The van der Waals surface area contributed by atoms with E-state index in [2.05, 4.69) is 11.9 Å². The van der Waals surface area contributed by atoms with E-state index in [9.17, 15) is 4.79 Å². The molecule has 0 bridgehead atoms. The smallest absolute Gasteiger partial charge is 0.335 e. The zero-order valence-electron chi connectivity index (χ0n) is 11.3. The minimum absolute atomic E-state index is 0.0669. The lowest BCUT2D eigenvalue weighted by Crippen LogP contribution is -2.42. The van der Waals surface area contributed by atoms with Crippen molar-refractivity contribution >= 4 is 5.97 Å². The molecular weight excluding hydrogens is 246 g/mol. The van der Waals surface area contributed by atoms with Crippen molar-refractivity contribution in [1.29, 1.82) is 0 Å². The number of aryl methyl sites for hydroxylation is 1. The second-order valence-corrected chi connectivity index (χ2v) is 4.85. The molecule has 0 aliphatic carbocycles. The van der Waals surface area contributed by atoms with Crippen molar-refractivity contribution in [3.8, 4) is 5.75 Å². The molecule has 5 nitrogen and oxygen atoms in total. The third-order valence-electron chi connectivity index (χ3n) is 3.19. The summed E-state index contributed by atoms with van der Waals surface area (Å²) in [6.45, 7) is 4.85. The van der Waals surface area contributed by atoms with E-state index in [0.717, 1.165) is 25.3 Å². The maximum Gasteiger partial charge on any atom is 0.335 e. The van der Waals surface area contributed by atoms with Crippen LogP contribution in [0, 0.1) is 6.92 Å². The van der Waals surface area contributed by atoms with Gasteiger partial charge in [-0.3, -0.25) is 0 Å². The summed E-state index contributed by atoms with van der Waals surface area (Å²) in [5.41, 5.74) is 1.10. The normalized spacial score (nSPS) is 20.2. The number of ether oxygens (including phenoxy) is 2. The van der Waals surface area contributed by atoms with Gasteiger partial charge in [-0.2, -0.15) is 0 Å². The van der Waals surface area contributed by atoms with E-state index in [1.807, 2.05) is 6.92 Å². The number of carbonyl (C=O) groups is 1. The first-order valence-electron chi connectivity index (χ1n) is 6.33. The Morgan fingerprint density at radius 1 is 1.58 bits per heavy atom. The first-order chi connectivity index (χ1) is 9.06. The molecule has 2 rings (SSSR count). The van der Waals surface area contributed by atoms with E-state index >= 15 is 0 Å². The third kappa shape index (κ3) is 3.68. The number of nitrogens with zero attached hydrogens (tertiary/aromatic N) is 1. The molecule has 104 valence electrons.